The third kappa shape index (κ3) is 5.78. The molecular weight excluding hydrogens is 452 g/mol. The van der Waals surface area contributed by atoms with Crippen molar-refractivity contribution in [2.45, 2.75) is 45.5 Å². The zero-order chi connectivity index (χ0) is 23.5. The molecule has 0 aromatic heterocycles. The van der Waals surface area contributed by atoms with Gasteiger partial charge in [-0.25, -0.2) is 4.79 Å². The minimum Gasteiger partial charge on any atom is -0.506 e. The normalized spacial score (nSPS) is 17.3. The summed E-state index contributed by atoms with van der Waals surface area (Å²) in [7, 11) is -0.724. The number of ether oxygens (including phenoxy) is 1. The summed E-state index contributed by atoms with van der Waals surface area (Å²) in [5, 5.41) is 13.0. The number of alkyl carbamates (subject to hydrolysis) is 1. The summed E-state index contributed by atoms with van der Waals surface area (Å²) in [6, 6.07) is 12.3. The second-order valence-corrected chi connectivity index (χ2v) is 9.36. The summed E-state index contributed by atoms with van der Waals surface area (Å²) >= 11 is 12.3. The molecule has 0 unspecified atom stereocenters. The highest BCUT2D eigenvalue weighted by Gasteiger charge is 2.52. The van der Waals surface area contributed by atoms with E-state index in [-0.39, 0.29) is 23.9 Å². The molecule has 1 saturated heterocycles. The topological polar surface area (TPSA) is 77.0 Å². The number of hydrogen-bond acceptors (Lipinski definition) is 5. The van der Waals surface area contributed by atoms with Crippen LogP contribution in [-0.2, 0) is 20.7 Å². The summed E-state index contributed by atoms with van der Waals surface area (Å²) in [5.41, 5.74) is 0.916. The number of phenolic OH excluding ortho intramolecular Hbond substituents is 1. The van der Waals surface area contributed by atoms with Crippen LogP contribution in [0.25, 0.3) is 6.08 Å². The smallest absolute Gasteiger partial charge is 0.492 e. The number of amides is 1. The molecule has 1 aliphatic heterocycles. The van der Waals surface area contributed by atoms with E-state index in [2.05, 4.69) is 5.32 Å². The number of hydrogen-bond donors (Lipinski definition) is 2. The average Bonchev–Trinajstić information content (AvgIpc) is 2.95. The van der Waals surface area contributed by atoms with Gasteiger partial charge in [0.25, 0.3) is 0 Å². The first kappa shape index (κ1) is 24.5. The van der Waals surface area contributed by atoms with Crippen LogP contribution in [0.1, 0.15) is 38.8 Å². The van der Waals surface area contributed by atoms with Crippen LogP contribution >= 0.6 is 23.2 Å². The predicted molar refractivity (Wildman–Crippen MR) is 127 cm³/mol. The lowest BCUT2D eigenvalue weighted by Crippen LogP contribution is -2.41. The standard InChI is InChI=1S/C23H26BCl2NO5/c1-22(2)23(3,4)32-24(31-22)17(10-16-11-19(26)20(28)12-18(16)25)13-27-21(29)30-14-15-8-6-5-7-9-15/h5-12,28H,13-14H2,1-4H3,(H,27,29). The van der Waals surface area contributed by atoms with E-state index in [0.29, 0.717) is 16.1 Å². The predicted octanol–water partition coefficient (Wildman–Crippen LogP) is 5.64. The number of carbonyl (C=O) groups excluding carboxylic acids is 1. The molecule has 0 spiro atoms. The molecule has 1 fully saturated rings. The van der Waals surface area contributed by atoms with Crippen molar-refractivity contribution in [3.63, 3.8) is 0 Å². The molecule has 32 heavy (non-hydrogen) atoms. The van der Waals surface area contributed by atoms with Gasteiger partial charge in [0.2, 0.25) is 0 Å². The van der Waals surface area contributed by atoms with Crippen LogP contribution in [0.2, 0.25) is 10.0 Å². The summed E-state index contributed by atoms with van der Waals surface area (Å²) in [6.07, 6.45) is 1.15. The van der Waals surface area contributed by atoms with Crippen molar-refractivity contribution < 1.29 is 23.9 Å². The van der Waals surface area contributed by atoms with Crippen LogP contribution in [0.3, 0.4) is 0 Å². The Morgan fingerprint density at radius 3 is 2.34 bits per heavy atom. The first-order valence-electron chi connectivity index (χ1n) is 10.2. The van der Waals surface area contributed by atoms with E-state index in [0.717, 1.165) is 5.56 Å². The molecule has 1 aliphatic rings. The van der Waals surface area contributed by atoms with Crippen molar-refractivity contribution in [2.24, 2.45) is 0 Å². The van der Waals surface area contributed by atoms with E-state index < -0.39 is 24.4 Å². The van der Waals surface area contributed by atoms with Gasteiger partial charge in [0.15, 0.2) is 0 Å². The average molecular weight is 478 g/mol. The van der Waals surface area contributed by atoms with Gasteiger partial charge in [0, 0.05) is 12.6 Å². The molecule has 0 radical (unpaired) electrons. The van der Waals surface area contributed by atoms with Gasteiger partial charge in [0.1, 0.15) is 12.4 Å². The Bertz CT molecular complexity index is 995. The molecule has 0 saturated carbocycles. The summed E-state index contributed by atoms with van der Waals surface area (Å²) < 4.78 is 17.6. The SMILES string of the molecule is CC1(C)OB(C(=Cc2cc(Cl)c(O)cc2Cl)CNC(=O)OCc2ccccc2)OC1(C)C. The van der Waals surface area contributed by atoms with E-state index in [1.807, 2.05) is 58.0 Å². The van der Waals surface area contributed by atoms with Gasteiger partial charge in [-0.3, -0.25) is 0 Å². The van der Waals surface area contributed by atoms with E-state index in [4.69, 9.17) is 37.2 Å². The number of rotatable bonds is 6. The minimum atomic E-state index is -0.724. The molecule has 2 aromatic rings. The van der Waals surface area contributed by atoms with Crippen molar-refractivity contribution in [3.05, 3.63) is 69.1 Å². The summed E-state index contributed by atoms with van der Waals surface area (Å²) in [4.78, 5) is 12.3. The van der Waals surface area contributed by atoms with Gasteiger partial charge in [-0.1, -0.05) is 59.6 Å². The van der Waals surface area contributed by atoms with Gasteiger partial charge in [-0.15, -0.1) is 0 Å². The molecule has 0 bridgehead atoms. The van der Waals surface area contributed by atoms with Gasteiger partial charge in [-0.05, 0) is 50.4 Å². The lowest BCUT2D eigenvalue weighted by atomic mass is 9.77. The molecule has 1 amide bonds. The molecule has 6 nitrogen and oxygen atoms in total. The lowest BCUT2D eigenvalue weighted by molar-refractivity contribution is 0.00578. The van der Waals surface area contributed by atoms with Gasteiger partial charge < -0.3 is 24.5 Å². The number of nitrogens with one attached hydrogen (secondary N) is 1. The van der Waals surface area contributed by atoms with Gasteiger partial charge >= 0.3 is 13.2 Å². The van der Waals surface area contributed by atoms with Crippen molar-refractivity contribution in [1.82, 2.24) is 5.32 Å². The second kappa shape index (κ2) is 9.75. The maximum Gasteiger partial charge on any atom is 0.492 e. The van der Waals surface area contributed by atoms with Crippen LogP contribution in [0.15, 0.2) is 47.9 Å². The Hall–Kier alpha value is -2.19. The van der Waals surface area contributed by atoms with E-state index in [9.17, 15) is 9.90 Å². The Balaban J connectivity index is 1.78. The molecule has 9 heteroatoms. The molecule has 2 aromatic carbocycles. The fourth-order valence-electron chi connectivity index (χ4n) is 3.01. The zero-order valence-electron chi connectivity index (χ0n) is 18.4. The first-order chi connectivity index (χ1) is 15.0. The lowest BCUT2D eigenvalue weighted by Gasteiger charge is -2.32. The minimum absolute atomic E-state index is 0.0965. The molecule has 3 rings (SSSR count). The van der Waals surface area contributed by atoms with Crippen molar-refractivity contribution >= 4 is 42.5 Å². The number of benzene rings is 2. The maximum atomic E-state index is 12.3. The van der Waals surface area contributed by atoms with Crippen molar-refractivity contribution in [3.8, 4) is 5.75 Å². The fourth-order valence-corrected chi connectivity index (χ4v) is 3.39. The Morgan fingerprint density at radius 1 is 1.09 bits per heavy atom. The maximum absolute atomic E-state index is 12.3. The largest absolute Gasteiger partial charge is 0.506 e. The number of phenols is 1. The molecule has 0 atom stereocenters. The van der Waals surface area contributed by atoms with Crippen LogP contribution in [0, 0.1) is 0 Å². The highest BCUT2D eigenvalue weighted by molar-refractivity contribution is 6.56. The highest BCUT2D eigenvalue weighted by atomic mass is 35.5. The molecule has 1 heterocycles. The molecule has 170 valence electrons. The Morgan fingerprint density at radius 2 is 1.72 bits per heavy atom. The third-order valence-corrected chi connectivity index (χ3v) is 6.24. The highest BCUT2D eigenvalue weighted by Crippen LogP contribution is 2.39. The van der Waals surface area contributed by atoms with E-state index in [1.165, 1.54) is 12.1 Å². The van der Waals surface area contributed by atoms with Crippen LogP contribution in [-0.4, -0.2) is 36.1 Å². The zero-order valence-corrected chi connectivity index (χ0v) is 20.0. The number of carbonyl (C=O) groups is 1. The number of halogens is 2. The van der Waals surface area contributed by atoms with Crippen molar-refractivity contribution in [1.29, 1.82) is 0 Å². The molecule has 0 aliphatic carbocycles. The monoisotopic (exact) mass is 477 g/mol. The Kier molecular flexibility index (Phi) is 7.45. The first-order valence-corrected chi connectivity index (χ1v) is 10.9. The van der Waals surface area contributed by atoms with Crippen LogP contribution < -0.4 is 5.32 Å². The summed E-state index contributed by atoms with van der Waals surface area (Å²) in [6.45, 7) is 8.02. The van der Waals surface area contributed by atoms with Gasteiger partial charge in [-0.2, -0.15) is 0 Å². The Labute approximate surface area is 198 Å². The van der Waals surface area contributed by atoms with E-state index in [1.54, 1.807) is 6.08 Å². The van der Waals surface area contributed by atoms with Crippen LogP contribution in [0.5, 0.6) is 5.75 Å². The van der Waals surface area contributed by atoms with Crippen LogP contribution in [0.4, 0.5) is 4.79 Å². The second-order valence-electron chi connectivity index (χ2n) is 8.55. The van der Waals surface area contributed by atoms with Crippen molar-refractivity contribution in [2.75, 3.05) is 6.54 Å². The third-order valence-electron chi connectivity index (χ3n) is 5.61. The molecular formula is C23H26BCl2NO5. The molecule has 2 N–H and O–H groups in total. The quantitative estimate of drug-likeness (QED) is 0.526. The van der Waals surface area contributed by atoms with E-state index >= 15 is 0 Å². The van der Waals surface area contributed by atoms with Gasteiger partial charge in [0.05, 0.1) is 21.2 Å². The fraction of sp³-hybridized carbons (Fsp3) is 0.348. The summed E-state index contributed by atoms with van der Waals surface area (Å²) in [5.74, 6) is -0.117. The number of aromatic hydroxyl groups is 1.